The lowest BCUT2D eigenvalue weighted by Gasteiger charge is -2.23. The summed E-state index contributed by atoms with van der Waals surface area (Å²) < 4.78 is 0. The Balaban J connectivity index is 1.55. The first-order valence-corrected chi connectivity index (χ1v) is 8.23. The molecule has 1 amide bonds. The van der Waals surface area contributed by atoms with Crippen LogP contribution in [0.15, 0.2) is 18.2 Å². The van der Waals surface area contributed by atoms with Crippen molar-refractivity contribution in [3.05, 3.63) is 23.8 Å². The van der Waals surface area contributed by atoms with Crippen LogP contribution in [0.3, 0.4) is 0 Å². The van der Waals surface area contributed by atoms with E-state index in [1.807, 2.05) is 18.2 Å². The Bertz CT molecular complexity index is 495. The molecule has 1 aliphatic heterocycles. The molecule has 1 saturated carbocycles. The second kappa shape index (κ2) is 6.83. The van der Waals surface area contributed by atoms with Crippen LogP contribution in [0, 0.1) is 5.92 Å². The summed E-state index contributed by atoms with van der Waals surface area (Å²) in [5.41, 5.74) is 2.73. The predicted molar refractivity (Wildman–Crippen MR) is 86.9 cm³/mol. The summed E-state index contributed by atoms with van der Waals surface area (Å²) in [7, 11) is 0. The Hall–Kier alpha value is -1.71. The third-order valence-electron chi connectivity index (χ3n) is 4.61. The molecule has 2 aliphatic rings. The number of carbonyl (C=O) groups is 1. The van der Waals surface area contributed by atoms with E-state index >= 15 is 0 Å². The summed E-state index contributed by atoms with van der Waals surface area (Å²) in [5, 5.41) is 9.74. The number of carbonyl (C=O) groups excluding carboxylic acids is 1. The fourth-order valence-corrected chi connectivity index (χ4v) is 3.42. The molecule has 0 aromatic heterocycles. The molecule has 1 aromatic carbocycles. The topological polar surface area (TPSA) is 53.2 Å². The van der Waals surface area contributed by atoms with Crippen molar-refractivity contribution in [2.24, 2.45) is 5.92 Å². The zero-order valence-corrected chi connectivity index (χ0v) is 12.6. The van der Waals surface area contributed by atoms with Crippen molar-refractivity contribution in [2.45, 2.75) is 38.5 Å². The first-order valence-electron chi connectivity index (χ1n) is 8.23. The van der Waals surface area contributed by atoms with E-state index < -0.39 is 0 Å². The highest BCUT2D eigenvalue weighted by atomic mass is 16.1. The van der Waals surface area contributed by atoms with Crippen molar-refractivity contribution >= 4 is 17.3 Å². The van der Waals surface area contributed by atoms with Gasteiger partial charge in [-0.05, 0) is 24.5 Å². The van der Waals surface area contributed by atoms with E-state index in [0.717, 1.165) is 48.9 Å². The molecular formula is C17H25N3O. The lowest BCUT2D eigenvalue weighted by molar-refractivity contribution is 0.0951. The molecule has 0 unspecified atom stereocenters. The zero-order chi connectivity index (χ0) is 14.5. The summed E-state index contributed by atoms with van der Waals surface area (Å²) >= 11 is 0. The average molecular weight is 287 g/mol. The Labute approximate surface area is 126 Å². The van der Waals surface area contributed by atoms with Crippen molar-refractivity contribution in [1.82, 2.24) is 5.32 Å². The largest absolute Gasteiger partial charge is 0.382 e. The molecule has 1 heterocycles. The maximum Gasteiger partial charge on any atom is 0.253 e. The average Bonchev–Trinajstić information content (AvgIpc) is 2.55. The van der Waals surface area contributed by atoms with Gasteiger partial charge in [-0.1, -0.05) is 38.2 Å². The van der Waals surface area contributed by atoms with Gasteiger partial charge in [0.15, 0.2) is 0 Å². The van der Waals surface area contributed by atoms with Gasteiger partial charge in [-0.25, -0.2) is 0 Å². The molecular weight excluding hydrogens is 262 g/mol. The van der Waals surface area contributed by atoms with Crippen molar-refractivity contribution in [3.63, 3.8) is 0 Å². The third-order valence-corrected chi connectivity index (χ3v) is 4.61. The highest BCUT2D eigenvalue weighted by molar-refractivity contribution is 6.02. The van der Waals surface area contributed by atoms with Gasteiger partial charge in [-0.2, -0.15) is 0 Å². The van der Waals surface area contributed by atoms with Crippen LogP contribution in [0.1, 0.15) is 48.9 Å². The minimum Gasteiger partial charge on any atom is -0.382 e. The Kier molecular flexibility index (Phi) is 4.63. The smallest absolute Gasteiger partial charge is 0.253 e. The van der Waals surface area contributed by atoms with Crippen molar-refractivity contribution in [3.8, 4) is 0 Å². The second-order valence-corrected chi connectivity index (χ2v) is 6.13. The molecule has 114 valence electrons. The lowest BCUT2D eigenvalue weighted by Crippen LogP contribution is -2.29. The Morgan fingerprint density at radius 2 is 1.95 bits per heavy atom. The third kappa shape index (κ3) is 3.49. The van der Waals surface area contributed by atoms with Gasteiger partial charge in [0.25, 0.3) is 5.91 Å². The monoisotopic (exact) mass is 287 g/mol. The number of hydrogen-bond acceptors (Lipinski definition) is 3. The van der Waals surface area contributed by atoms with Gasteiger partial charge in [0.05, 0.1) is 16.9 Å². The first-order chi connectivity index (χ1) is 10.3. The normalized spacial score (nSPS) is 18.3. The minimum atomic E-state index is 0.0406. The molecule has 0 radical (unpaired) electrons. The van der Waals surface area contributed by atoms with Crippen molar-refractivity contribution < 1.29 is 4.79 Å². The van der Waals surface area contributed by atoms with Gasteiger partial charge in [-0.15, -0.1) is 0 Å². The SMILES string of the molecule is O=C(NCCC1CCCCC1)c1cccc2c1NCCN2. The fraction of sp³-hybridized carbons (Fsp3) is 0.588. The van der Waals surface area contributed by atoms with E-state index in [0.29, 0.717) is 0 Å². The molecule has 0 saturated heterocycles. The second-order valence-electron chi connectivity index (χ2n) is 6.13. The van der Waals surface area contributed by atoms with Crippen LogP contribution in [-0.4, -0.2) is 25.5 Å². The summed E-state index contributed by atoms with van der Waals surface area (Å²) in [6, 6.07) is 5.85. The van der Waals surface area contributed by atoms with Crippen LogP contribution in [0.5, 0.6) is 0 Å². The molecule has 21 heavy (non-hydrogen) atoms. The van der Waals surface area contributed by atoms with E-state index in [-0.39, 0.29) is 5.91 Å². The minimum absolute atomic E-state index is 0.0406. The van der Waals surface area contributed by atoms with Crippen LogP contribution in [0.25, 0.3) is 0 Å². The molecule has 0 atom stereocenters. The molecule has 4 nitrogen and oxygen atoms in total. The number of rotatable bonds is 4. The van der Waals surface area contributed by atoms with E-state index in [4.69, 9.17) is 0 Å². The molecule has 4 heteroatoms. The number of amides is 1. The van der Waals surface area contributed by atoms with Crippen LogP contribution in [0.2, 0.25) is 0 Å². The fourth-order valence-electron chi connectivity index (χ4n) is 3.42. The molecule has 0 bridgehead atoms. The quantitative estimate of drug-likeness (QED) is 0.797. The van der Waals surface area contributed by atoms with Gasteiger partial charge in [0.2, 0.25) is 0 Å². The molecule has 3 N–H and O–H groups in total. The summed E-state index contributed by atoms with van der Waals surface area (Å²) in [5.74, 6) is 0.849. The molecule has 1 fully saturated rings. The number of hydrogen-bond donors (Lipinski definition) is 3. The van der Waals surface area contributed by atoms with E-state index in [2.05, 4.69) is 16.0 Å². The van der Waals surface area contributed by atoms with Crippen molar-refractivity contribution in [1.29, 1.82) is 0 Å². The number of fused-ring (bicyclic) bond motifs is 1. The van der Waals surface area contributed by atoms with Gasteiger partial charge < -0.3 is 16.0 Å². The van der Waals surface area contributed by atoms with Crippen LogP contribution < -0.4 is 16.0 Å². The van der Waals surface area contributed by atoms with Gasteiger partial charge >= 0.3 is 0 Å². The van der Waals surface area contributed by atoms with Gasteiger partial charge in [0, 0.05) is 19.6 Å². The van der Waals surface area contributed by atoms with E-state index in [1.54, 1.807) is 0 Å². The molecule has 3 rings (SSSR count). The Morgan fingerprint density at radius 1 is 1.14 bits per heavy atom. The van der Waals surface area contributed by atoms with E-state index in [9.17, 15) is 4.79 Å². The van der Waals surface area contributed by atoms with Crippen LogP contribution in [0.4, 0.5) is 11.4 Å². The highest BCUT2D eigenvalue weighted by Gasteiger charge is 2.18. The Morgan fingerprint density at radius 3 is 2.81 bits per heavy atom. The molecule has 0 spiro atoms. The summed E-state index contributed by atoms with van der Waals surface area (Å²) in [4.78, 5) is 12.4. The maximum absolute atomic E-state index is 12.4. The zero-order valence-electron chi connectivity index (χ0n) is 12.6. The van der Waals surface area contributed by atoms with E-state index in [1.165, 1.54) is 32.1 Å². The number of anilines is 2. The number of benzene rings is 1. The van der Waals surface area contributed by atoms with Crippen LogP contribution in [-0.2, 0) is 0 Å². The van der Waals surface area contributed by atoms with Gasteiger partial charge in [-0.3, -0.25) is 4.79 Å². The number of nitrogens with one attached hydrogen (secondary N) is 3. The van der Waals surface area contributed by atoms with Crippen LogP contribution >= 0.6 is 0 Å². The number of para-hydroxylation sites is 1. The maximum atomic E-state index is 12.4. The predicted octanol–water partition coefficient (Wildman–Crippen LogP) is 3.22. The standard InChI is InChI=1S/C17H25N3O/c21-17(20-10-9-13-5-2-1-3-6-13)14-7-4-8-15-16(14)19-12-11-18-15/h4,7-8,13,18-19H,1-3,5-6,9-12H2,(H,20,21). The molecule has 1 aliphatic carbocycles. The van der Waals surface area contributed by atoms with Gasteiger partial charge in [0.1, 0.15) is 0 Å². The van der Waals surface area contributed by atoms with Crippen molar-refractivity contribution in [2.75, 3.05) is 30.3 Å². The molecule has 1 aromatic rings. The summed E-state index contributed by atoms with van der Waals surface area (Å²) in [6.45, 7) is 2.56. The summed E-state index contributed by atoms with van der Waals surface area (Å²) in [6.07, 6.45) is 7.90. The first kappa shape index (κ1) is 14.2. The highest BCUT2D eigenvalue weighted by Crippen LogP contribution is 2.28. The lowest BCUT2D eigenvalue weighted by atomic mass is 9.87.